The van der Waals surface area contributed by atoms with Crippen LogP contribution in [0.1, 0.15) is 29.1 Å². The van der Waals surface area contributed by atoms with Crippen LogP contribution in [0.3, 0.4) is 0 Å². The molecule has 22 heavy (non-hydrogen) atoms. The maximum Gasteiger partial charge on any atom is 0.280 e. The molecule has 2 N–H and O–H groups in total. The third-order valence-electron chi connectivity index (χ3n) is 4.43. The van der Waals surface area contributed by atoms with Gasteiger partial charge in [-0.25, -0.2) is 9.37 Å². The van der Waals surface area contributed by atoms with Crippen molar-refractivity contribution in [3.8, 4) is 10.4 Å². The predicted octanol–water partition coefficient (Wildman–Crippen LogP) is 2.57. The second-order valence-corrected chi connectivity index (χ2v) is 6.93. The molecule has 2 aliphatic heterocycles. The van der Waals surface area contributed by atoms with Crippen molar-refractivity contribution < 1.29 is 9.18 Å². The molecular formula is C16H16FN3OS. The highest BCUT2D eigenvalue weighted by molar-refractivity contribution is 7.16. The van der Waals surface area contributed by atoms with Crippen LogP contribution in [0.2, 0.25) is 0 Å². The van der Waals surface area contributed by atoms with Gasteiger partial charge in [-0.15, -0.1) is 11.3 Å². The molecule has 0 spiro atoms. The number of nitrogens with one attached hydrogen (secondary N) is 2. The fourth-order valence-electron chi connectivity index (χ4n) is 3.37. The van der Waals surface area contributed by atoms with E-state index < -0.39 is 0 Å². The van der Waals surface area contributed by atoms with Crippen molar-refractivity contribution >= 4 is 17.2 Å². The quantitative estimate of drug-likeness (QED) is 0.915. The zero-order chi connectivity index (χ0) is 15.1. The van der Waals surface area contributed by atoms with E-state index in [-0.39, 0.29) is 17.8 Å². The average molecular weight is 317 g/mol. The topological polar surface area (TPSA) is 54.0 Å². The number of benzene rings is 1. The summed E-state index contributed by atoms with van der Waals surface area (Å²) in [4.78, 5) is 17.3. The van der Waals surface area contributed by atoms with E-state index in [1.807, 2.05) is 6.07 Å². The number of thiazole rings is 1. The van der Waals surface area contributed by atoms with Gasteiger partial charge in [0.15, 0.2) is 5.01 Å². The van der Waals surface area contributed by atoms with E-state index >= 15 is 0 Å². The van der Waals surface area contributed by atoms with Gasteiger partial charge in [0.2, 0.25) is 0 Å². The Morgan fingerprint density at radius 1 is 1.41 bits per heavy atom. The first-order chi connectivity index (χ1) is 10.7. The molecule has 2 saturated heterocycles. The van der Waals surface area contributed by atoms with E-state index in [1.165, 1.54) is 29.9 Å². The summed E-state index contributed by atoms with van der Waals surface area (Å²) in [7, 11) is 0. The van der Waals surface area contributed by atoms with E-state index in [0.717, 1.165) is 23.3 Å². The summed E-state index contributed by atoms with van der Waals surface area (Å²) in [6.07, 6.45) is 4.96. The summed E-state index contributed by atoms with van der Waals surface area (Å²) in [6.45, 7) is 0. The zero-order valence-corrected chi connectivity index (χ0v) is 12.7. The van der Waals surface area contributed by atoms with Crippen molar-refractivity contribution in [1.29, 1.82) is 0 Å². The Kier molecular flexibility index (Phi) is 3.43. The van der Waals surface area contributed by atoms with E-state index in [2.05, 4.69) is 15.6 Å². The van der Waals surface area contributed by atoms with Crippen molar-refractivity contribution in [2.45, 2.75) is 37.4 Å². The number of hydrogen-bond acceptors (Lipinski definition) is 4. The van der Waals surface area contributed by atoms with Gasteiger partial charge in [-0.3, -0.25) is 4.79 Å². The van der Waals surface area contributed by atoms with E-state index in [9.17, 15) is 9.18 Å². The van der Waals surface area contributed by atoms with Gasteiger partial charge in [0.1, 0.15) is 5.82 Å². The summed E-state index contributed by atoms with van der Waals surface area (Å²) in [5.74, 6) is -0.419. The van der Waals surface area contributed by atoms with Crippen LogP contribution >= 0.6 is 11.3 Å². The van der Waals surface area contributed by atoms with Crippen LogP contribution in [-0.4, -0.2) is 29.0 Å². The van der Waals surface area contributed by atoms with Gasteiger partial charge in [-0.2, -0.15) is 0 Å². The summed E-state index contributed by atoms with van der Waals surface area (Å²) >= 11 is 1.30. The lowest BCUT2D eigenvalue weighted by Crippen LogP contribution is -2.42. The molecule has 1 aromatic carbocycles. The summed E-state index contributed by atoms with van der Waals surface area (Å²) in [5.41, 5.74) is 0.748. The van der Waals surface area contributed by atoms with Crippen LogP contribution in [0.4, 0.5) is 4.39 Å². The number of carbonyl (C=O) groups is 1. The smallest absolute Gasteiger partial charge is 0.280 e. The molecule has 1 amide bonds. The van der Waals surface area contributed by atoms with Crippen LogP contribution in [0.25, 0.3) is 10.4 Å². The fourth-order valence-corrected chi connectivity index (χ4v) is 4.18. The van der Waals surface area contributed by atoms with Gasteiger partial charge >= 0.3 is 0 Å². The van der Waals surface area contributed by atoms with Gasteiger partial charge in [0, 0.05) is 24.3 Å². The minimum Gasteiger partial charge on any atom is -0.346 e. The van der Waals surface area contributed by atoms with Crippen molar-refractivity contribution in [2.75, 3.05) is 0 Å². The number of aromatic nitrogens is 1. The molecule has 4 nitrogen and oxygen atoms in total. The lowest BCUT2D eigenvalue weighted by molar-refractivity contribution is 0.0930. The van der Waals surface area contributed by atoms with E-state index in [0.29, 0.717) is 17.1 Å². The minimum atomic E-state index is -0.287. The largest absolute Gasteiger partial charge is 0.346 e. The Bertz CT molecular complexity index is 717. The molecule has 2 aromatic rings. The van der Waals surface area contributed by atoms with Crippen LogP contribution in [0.15, 0.2) is 30.5 Å². The van der Waals surface area contributed by atoms with Crippen molar-refractivity contribution in [3.05, 3.63) is 41.3 Å². The van der Waals surface area contributed by atoms with Gasteiger partial charge < -0.3 is 10.6 Å². The van der Waals surface area contributed by atoms with Gasteiger partial charge in [0.25, 0.3) is 5.91 Å². The lowest BCUT2D eigenvalue weighted by Gasteiger charge is -2.20. The molecule has 0 aliphatic carbocycles. The van der Waals surface area contributed by atoms with Crippen molar-refractivity contribution in [1.82, 2.24) is 15.6 Å². The van der Waals surface area contributed by atoms with Gasteiger partial charge in [0.05, 0.1) is 4.88 Å². The summed E-state index contributed by atoms with van der Waals surface area (Å²) in [6, 6.07) is 7.48. The number of carbonyl (C=O) groups excluding carboxylic acids is 1. The number of rotatable bonds is 3. The molecule has 0 radical (unpaired) electrons. The van der Waals surface area contributed by atoms with Crippen LogP contribution < -0.4 is 10.6 Å². The van der Waals surface area contributed by atoms with Gasteiger partial charge in [-0.05, 0) is 37.0 Å². The highest BCUT2D eigenvalue weighted by Crippen LogP contribution is 2.30. The third-order valence-corrected chi connectivity index (χ3v) is 5.47. The number of hydrogen-bond donors (Lipinski definition) is 2. The molecule has 6 heteroatoms. The second kappa shape index (κ2) is 5.44. The highest BCUT2D eigenvalue weighted by Gasteiger charge is 2.39. The maximum atomic E-state index is 13.3. The van der Waals surface area contributed by atoms with E-state index in [4.69, 9.17) is 0 Å². The molecular weight excluding hydrogens is 301 g/mol. The summed E-state index contributed by atoms with van der Waals surface area (Å²) < 4.78 is 13.3. The molecule has 1 aromatic heterocycles. The Balaban J connectivity index is 1.48. The first-order valence-corrected chi connectivity index (χ1v) is 8.29. The Hall–Kier alpha value is -1.79. The van der Waals surface area contributed by atoms with E-state index in [1.54, 1.807) is 12.3 Å². The third kappa shape index (κ3) is 2.53. The van der Waals surface area contributed by atoms with Crippen LogP contribution in [-0.2, 0) is 0 Å². The number of amides is 1. The molecule has 2 aliphatic rings. The molecule has 0 unspecified atom stereocenters. The first-order valence-electron chi connectivity index (χ1n) is 7.48. The van der Waals surface area contributed by atoms with Gasteiger partial charge in [-0.1, -0.05) is 12.1 Å². The molecule has 114 valence electrons. The SMILES string of the molecule is O=C(N[C@@H]1C[C@H]2CC[C@@H]1N2)c1ncc(-c2cccc(F)c2)s1. The fraction of sp³-hybridized carbons (Fsp3) is 0.375. The average Bonchev–Trinajstić information content (AvgIpc) is 3.23. The van der Waals surface area contributed by atoms with Crippen molar-refractivity contribution in [2.24, 2.45) is 0 Å². The highest BCUT2D eigenvalue weighted by atomic mass is 32.1. The summed E-state index contributed by atoms with van der Waals surface area (Å²) in [5, 5.41) is 7.01. The van der Waals surface area contributed by atoms with Crippen molar-refractivity contribution in [3.63, 3.8) is 0 Å². The molecule has 2 bridgehead atoms. The molecule has 0 saturated carbocycles. The second-order valence-electron chi connectivity index (χ2n) is 5.90. The maximum absolute atomic E-state index is 13.3. The molecule has 3 atom stereocenters. The molecule has 3 heterocycles. The molecule has 2 fully saturated rings. The number of halogens is 1. The normalized spacial score (nSPS) is 26.3. The predicted molar refractivity (Wildman–Crippen MR) is 83.3 cm³/mol. The Morgan fingerprint density at radius 3 is 3.05 bits per heavy atom. The number of nitrogens with zero attached hydrogens (tertiary/aromatic N) is 1. The van der Waals surface area contributed by atoms with Crippen LogP contribution in [0, 0.1) is 5.82 Å². The standard InChI is InChI=1S/C16H16FN3OS/c17-10-3-1-2-9(6-10)14-8-18-16(22-14)15(21)20-13-7-11-4-5-12(13)19-11/h1-3,6,8,11-13,19H,4-5,7H2,(H,20,21)/t11-,12+,13-/m1/s1. The Labute approximate surface area is 131 Å². The Morgan fingerprint density at radius 2 is 2.32 bits per heavy atom. The lowest BCUT2D eigenvalue weighted by atomic mass is 9.95. The zero-order valence-electron chi connectivity index (χ0n) is 11.9. The number of fused-ring (bicyclic) bond motifs is 2. The monoisotopic (exact) mass is 317 g/mol. The first kappa shape index (κ1) is 13.8. The molecule has 4 rings (SSSR count). The minimum absolute atomic E-state index is 0.132. The van der Waals surface area contributed by atoms with Crippen LogP contribution in [0.5, 0.6) is 0 Å².